The molecule has 1 unspecified atom stereocenters. The number of carbonyl (C=O) groups excluding carboxylic acids is 4. The summed E-state index contributed by atoms with van der Waals surface area (Å²) >= 11 is 0. The number of rotatable bonds is 4. The molecule has 2 heterocycles. The van der Waals surface area contributed by atoms with Gasteiger partial charge in [0.2, 0.25) is 0 Å². The van der Waals surface area contributed by atoms with E-state index in [-0.39, 0.29) is 29.0 Å². The van der Waals surface area contributed by atoms with Crippen molar-refractivity contribution in [3.8, 4) is 0 Å². The van der Waals surface area contributed by atoms with Gasteiger partial charge in [-0.2, -0.15) is 0 Å². The fourth-order valence-corrected chi connectivity index (χ4v) is 5.90. The number of carbonyl (C=O) groups is 4. The van der Waals surface area contributed by atoms with E-state index < -0.39 is 28.7 Å². The average molecular weight is 533 g/mol. The van der Waals surface area contributed by atoms with E-state index in [0.717, 1.165) is 5.56 Å². The zero-order chi connectivity index (χ0) is 28.2. The molecular formula is C33H28N2O5. The lowest BCUT2D eigenvalue weighted by Crippen LogP contribution is -2.46. The fourth-order valence-electron chi connectivity index (χ4n) is 5.90. The summed E-state index contributed by atoms with van der Waals surface area (Å²) in [5.41, 5.74) is 0.706. The van der Waals surface area contributed by atoms with Gasteiger partial charge in [-0.3, -0.25) is 19.3 Å². The molecule has 1 saturated heterocycles. The summed E-state index contributed by atoms with van der Waals surface area (Å²) in [6.07, 6.45) is 0.537. The van der Waals surface area contributed by atoms with Crippen molar-refractivity contribution < 1.29 is 23.9 Å². The molecule has 2 aliphatic heterocycles. The summed E-state index contributed by atoms with van der Waals surface area (Å²) < 4.78 is 5.81. The predicted molar refractivity (Wildman–Crippen MR) is 151 cm³/mol. The first-order valence-corrected chi connectivity index (χ1v) is 13.2. The lowest BCUT2D eigenvalue weighted by atomic mass is 9.71. The van der Waals surface area contributed by atoms with E-state index in [1.165, 1.54) is 4.90 Å². The van der Waals surface area contributed by atoms with Gasteiger partial charge in [0, 0.05) is 23.5 Å². The minimum absolute atomic E-state index is 0.0647. The minimum Gasteiger partial charge on any atom is -0.432 e. The highest BCUT2D eigenvalue weighted by atomic mass is 16.6. The molecule has 7 heteroatoms. The Hall–Kier alpha value is -4.78. The van der Waals surface area contributed by atoms with Crippen LogP contribution in [0.1, 0.15) is 37.8 Å². The molecule has 1 atom stereocenters. The molecule has 40 heavy (non-hydrogen) atoms. The predicted octanol–water partition coefficient (Wildman–Crippen LogP) is 5.37. The van der Waals surface area contributed by atoms with Gasteiger partial charge in [-0.1, -0.05) is 80.1 Å². The largest absolute Gasteiger partial charge is 0.432 e. The van der Waals surface area contributed by atoms with Gasteiger partial charge in [0.15, 0.2) is 5.78 Å². The van der Waals surface area contributed by atoms with Crippen LogP contribution in [-0.2, 0) is 23.9 Å². The van der Waals surface area contributed by atoms with Gasteiger partial charge < -0.3 is 10.1 Å². The number of esters is 1. The summed E-state index contributed by atoms with van der Waals surface area (Å²) in [6.45, 7) is 5.87. The Labute approximate surface area is 232 Å². The smallest absolute Gasteiger partial charge is 0.381 e. The first-order chi connectivity index (χ1) is 19.1. The second kappa shape index (κ2) is 9.16. The minimum atomic E-state index is -2.20. The number of hydrogen-bond donors (Lipinski definition) is 1. The molecule has 0 aromatic heterocycles. The molecule has 0 bridgehead atoms. The Kier molecular flexibility index (Phi) is 5.84. The summed E-state index contributed by atoms with van der Waals surface area (Å²) in [5, 5.41) is 3.27. The van der Waals surface area contributed by atoms with Crippen molar-refractivity contribution in [1.82, 2.24) is 0 Å². The average Bonchev–Trinajstić information content (AvgIpc) is 3.32. The molecule has 1 aliphatic carbocycles. The molecule has 1 spiro atoms. The molecule has 1 N–H and O–H groups in total. The van der Waals surface area contributed by atoms with Gasteiger partial charge in [0.1, 0.15) is 0 Å². The lowest BCUT2D eigenvalue weighted by molar-refractivity contribution is -0.155. The van der Waals surface area contributed by atoms with Crippen LogP contribution in [0.3, 0.4) is 0 Å². The van der Waals surface area contributed by atoms with Crippen LogP contribution < -0.4 is 10.2 Å². The number of allylic oxidation sites excluding steroid dienone is 1. The number of nitrogens with zero attached hydrogens (tertiary/aromatic N) is 1. The molecule has 1 fully saturated rings. The molecule has 3 aromatic carbocycles. The number of amides is 1. The van der Waals surface area contributed by atoms with E-state index in [1.54, 1.807) is 36.4 Å². The maximum absolute atomic E-state index is 14.7. The molecule has 200 valence electrons. The topological polar surface area (TPSA) is 92.8 Å². The molecule has 6 rings (SSSR count). The zero-order valence-corrected chi connectivity index (χ0v) is 22.5. The number of para-hydroxylation sites is 1. The molecule has 1 amide bonds. The standard InChI is InChI=1S/C33H28N2O5/c1-20-14-16-23(17-15-20)35-24-18-32(2,3)19-25(36)26(24)33(31(35)39)27(29(37)30(38)40-33)28(21-10-6-4-7-11-21)34-22-12-8-5-9-13-22/h4-17,34H,18-19H2,1-3H3/b28-27+. The van der Waals surface area contributed by atoms with Gasteiger partial charge in [0.25, 0.3) is 17.3 Å². The van der Waals surface area contributed by atoms with Crippen molar-refractivity contribution in [3.05, 3.63) is 113 Å². The van der Waals surface area contributed by atoms with Gasteiger partial charge in [0.05, 0.1) is 16.8 Å². The number of anilines is 2. The number of benzene rings is 3. The Balaban J connectivity index is 1.67. The summed E-state index contributed by atoms with van der Waals surface area (Å²) in [4.78, 5) is 56.9. The second-order valence-electron chi connectivity index (χ2n) is 11.2. The lowest BCUT2D eigenvalue weighted by Gasteiger charge is -2.33. The second-order valence-corrected chi connectivity index (χ2v) is 11.2. The molecule has 0 saturated carbocycles. The number of nitrogens with one attached hydrogen (secondary N) is 1. The number of ketones is 2. The maximum Gasteiger partial charge on any atom is 0.381 e. The Morgan fingerprint density at radius 3 is 2.10 bits per heavy atom. The third-order valence-corrected chi connectivity index (χ3v) is 7.64. The van der Waals surface area contributed by atoms with Gasteiger partial charge in [-0.05, 0) is 48.6 Å². The monoisotopic (exact) mass is 532 g/mol. The van der Waals surface area contributed by atoms with Gasteiger partial charge in [-0.15, -0.1) is 0 Å². The molecular weight excluding hydrogens is 504 g/mol. The fraction of sp³-hybridized carbons (Fsp3) is 0.212. The number of ether oxygens (including phenoxy) is 1. The molecule has 7 nitrogen and oxygen atoms in total. The zero-order valence-electron chi connectivity index (χ0n) is 22.5. The third-order valence-electron chi connectivity index (χ3n) is 7.64. The van der Waals surface area contributed by atoms with Crippen LogP contribution >= 0.6 is 0 Å². The molecule has 3 aromatic rings. The Morgan fingerprint density at radius 1 is 0.825 bits per heavy atom. The number of hydrogen-bond acceptors (Lipinski definition) is 6. The van der Waals surface area contributed by atoms with Crippen LogP contribution in [0, 0.1) is 12.3 Å². The van der Waals surface area contributed by atoms with E-state index >= 15 is 0 Å². The maximum atomic E-state index is 14.7. The van der Waals surface area contributed by atoms with E-state index in [9.17, 15) is 19.2 Å². The summed E-state index contributed by atoms with van der Waals surface area (Å²) in [7, 11) is 0. The Morgan fingerprint density at radius 2 is 1.45 bits per heavy atom. The highest BCUT2D eigenvalue weighted by Gasteiger charge is 2.69. The van der Waals surface area contributed by atoms with Gasteiger partial charge >= 0.3 is 5.97 Å². The molecule has 3 aliphatic rings. The highest BCUT2D eigenvalue weighted by molar-refractivity contribution is 6.49. The van der Waals surface area contributed by atoms with E-state index in [0.29, 0.717) is 29.1 Å². The first-order valence-electron chi connectivity index (χ1n) is 13.2. The van der Waals surface area contributed by atoms with Gasteiger partial charge in [-0.25, -0.2) is 4.79 Å². The third kappa shape index (κ3) is 3.88. The van der Waals surface area contributed by atoms with Crippen LogP contribution in [-0.4, -0.2) is 29.0 Å². The normalized spacial score (nSPS) is 23.0. The van der Waals surface area contributed by atoms with Crippen molar-refractivity contribution in [2.24, 2.45) is 5.41 Å². The van der Waals surface area contributed by atoms with Crippen molar-refractivity contribution >= 4 is 40.5 Å². The van der Waals surface area contributed by atoms with E-state index in [2.05, 4.69) is 5.32 Å². The number of fused-ring (bicyclic) bond motifs is 1. The SMILES string of the molecule is Cc1ccc(N2C(=O)C3(OC(=O)C(=O)/C3=C(\Nc3ccccc3)c3ccccc3)C3=C2CC(C)(C)CC3=O)cc1. The Bertz CT molecular complexity index is 1640. The van der Waals surface area contributed by atoms with E-state index in [1.807, 2.05) is 69.3 Å². The highest BCUT2D eigenvalue weighted by Crippen LogP contribution is 2.54. The van der Waals surface area contributed by atoms with Crippen molar-refractivity contribution in [2.75, 3.05) is 10.2 Å². The van der Waals surface area contributed by atoms with Crippen LogP contribution in [0.15, 0.2) is 102 Å². The van der Waals surface area contributed by atoms with Crippen LogP contribution in [0.2, 0.25) is 0 Å². The van der Waals surface area contributed by atoms with Crippen LogP contribution in [0.5, 0.6) is 0 Å². The van der Waals surface area contributed by atoms with Crippen LogP contribution in [0.25, 0.3) is 5.70 Å². The quantitative estimate of drug-likeness (QED) is 0.276. The number of aryl methyl sites for hydroxylation is 1. The molecule has 0 radical (unpaired) electrons. The van der Waals surface area contributed by atoms with Crippen molar-refractivity contribution in [1.29, 1.82) is 0 Å². The van der Waals surface area contributed by atoms with E-state index in [4.69, 9.17) is 4.74 Å². The summed E-state index contributed by atoms with van der Waals surface area (Å²) in [5.74, 6) is -3.08. The number of Topliss-reactive ketones (excluding diaryl/α,β-unsaturated/α-hetero) is 2. The summed E-state index contributed by atoms with van der Waals surface area (Å²) in [6, 6.07) is 25.5. The van der Waals surface area contributed by atoms with Crippen molar-refractivity contribution in [2.45, 2.75) is 39.2 Å². The first kappa shape index (κ1) is 25.5. The van der Waals surface area contributed by atoms with Crippen LogP contribution in [0.4, 0.5) is 11.4 Å². The van der Waals surface area contributed by atoms with Crippen molar-refractivity contribution in [3.63, 3.8) is 0 Å².